The number of methoxy groups -OCH3 is 1. The molecule has 1 N–H and O–H groups in total. The number of hydrogen-bond acceptors (Lipinski definition) is 5. The average molecular weight is 197 g/mol. The molecule has 14 heavy (non-hydrogen) atoms. The van der Waals surface area contributed by atoms with Crippen LogP contribution in [0.2, 0.25) is 0 Å². The number of nitro groups is 1. The number of rotatable bonds is 5. The number of hydrogen-bond donors (Lipinski definition) is 1. The predicted octanol–water partition coefficient (Wildman–Crippen LogP) is 1.05. The van der Waals surface area contributed by atoms with E-state index in [0.717, 1.165) is 5.69 Å². The molecule has 6 heteroatoms. The molecule has 1 aromatic heterocycles. The van der Waals surface area contributed by atoms with Crippen molar-refractivity contribution in [3.63, 3.8) is 0 Å². The summed E-state index contributed by atoms with van der Waals surface area (Å²) in [6.45, 7) is 1.23. The highest BCUT2D eigenvalue weighted by Crippen LogP contribution is 2.10. The maximum atomic E-state index is 10.3. The molecule has 0 spiro atoms. The Bertz CT molecular complexity index is 299. The van der Waals surface area contributed by atoms with E-state index in [1.54, 1.807) is 13.2 Å². The van der Waals surface area contributed by atoms with Gasteiger partial charge >= 0.3 is 5.82 Å². The molecule has 0 atom stereocenters. The van der Waals surface area contributed by atoms with Crippen LogP contribution in [0.15, 0.2) is 18.3 Å². The van der Waals surface area contributed by atoms with Crippen molar-refractivity contribution >= 4 is 11.5 Å². The van der Waals surface area contributed by atoms with E-state index in [9.17, 15) is 10.1 Å². The lowest BCUT2D eigenvalue weighted by molar-refractivity contribution is -0.389. The van der Waals surface area contributed by atoms with Crippen LogP contribution in [-0.2, 0) is 4.74 Å². The maximum absolute atomic E-state index is 10.3. The van der Waals surface area contributed by atoms with Crippen LogP contribution in [0.3, 0.4) is 0 Å². The molecule has 0 aliphatic rings. The van der Waals surface area contributed by atoms with Crippen molar-refractivity contribution in [2.24, 2.45) is 0 Å². The first-order valence-electron chi connectivity index (χ1n) is 4.07. The molecule has 0 aliphatic carbocycles. The third-order valence-corrected chi connectivity index (χ3v) is 1.57. The van der Waals surface area contributed by atoms with Crippen molar-refractivity contribution in [2.45, 2.75) is 0 Å². The van der Waals surface area contributed by atoms with Gasteiger partial charge in [-0.2, -0.15) is 0 Å². The predicted molar refractivity (Wildman–Crippen MR) is 51.3 cm³/mol. The van der Waals surface area contributed by atoms with Gasteiger partial charge in [-0.05, 0) is 16.0 Å². The largest absolute Gasteiger partial charge is 0.383 e. The molecule has 76 valence electrons. The van der Waals surface area contributed by atoms with Crippen LogP contribution in [0.4, 0.5) is 11.5 Å². The Labute approximate surface area is 81.1 Å². The van der Waals surface area contributed by atoms with Crippen LogP contribution in [0.1, 0.15) is 0 Å². The number of aromatic nitrogens is 1. The molecule has 1 aromatic rings. The van der Waals surface area contributed by atoms with Crippen LogP contribution >= 0.6 is 0 Å². The Kier molecular flexibility index (Phi) is 3.81. The molecular weight excluding hydrogens is 186 g/mol. The van der Waals surface area contributed by atoms with Crippen molar-refractivity contribution in [3.05, 3.63) is 28.4 Å². The third-order valence-electron chi connectivity index (χ3n) is 1.57. The van der Waals surface area contributed by atoms with Gasteiger partial charge in [-0.3, -0.25) is 0 Å². The number of pyridine rings is 1. The molecule has 0 aromatic carbocycles. The first-order valence-corrected chi connectivity index (χ1v) is 4.07. The van der Waals surface area contributed by atoms with Crippen LogP contribution in [0.5, 0.6) is 0 Å². The SMILES string of the molecule is COCCNc1ccc([N+](=O)[O-])nc1. The van der Waals surface area contributed by atoms with Gasteiger partial charge in [-0.15, -0.1) is 0 Å². The van der Waals surface area contributed by atoms with Gasteiger partial charge in [-0.25, -0.2) is 0 Å². The van der Waals surface area contributed by atoms with Crippen molar-refractivity contribution < 1.29 is 9.66 Å². The molecule has 0 unspecified atom stereocenters. The van der Waals surface area contributed by atoms with Crippen LogP contribution in [-0.4, -0.2) is 30.2 Å². The zero-order valence-electron chi connectivity index (χ0n) is 7.77. The standard InChI is InChI=1S/C8H11N3O3/c1-14-5-4-9-7-2-3-8(10-6-7)11(12)13/h2-3,6,9H,4-5H2,1H3. The van der Waals surface area contributed by atoms with E-state index in [1.807, 2.05) is 0 Å². The van der Waals surface area contributed by atoms with Gasteiger partial charge in [0, 0.05) is 19.7 Å². The van der Waals surface area contributed by atoms with E-state index in [4.69, 9.17) is 4.74 Å². The summed E-state index contributed by atoms with van der Waals surface area (Å²) in [6.07, 6.45) is 1.42. The zero-order chi connectivity index (χ0) is 10.4. The molecule has 0 fully saturated rings. The summed E-state index contributed by atoms with van der Waals surface area (Å²) in [4.78, 5) is 13.4. The second kappa shape index (κ2) is 5.13. The molecule has 1 heterocycles. The Morgan fingerprint density at radius 1 is 1.64 bits per heavy atom. The normalized spacial score (nSPS) is 9.79. The summed E-state index contributed by atoms with van der Waals surface area (Å²) in [5, 5.41) is 13.3. The van der Waals surface area contributed by atoms with E-state index >= 15 is 0 Å². The highest BCUT2D eigenvalue weighted by molar-refractivity contribution is 5.43. The third kappa shape index (κ3) is 2.98. The monoisotopic (exact) mass is 197 g/mol. The molecule has 0 radical (unpaired) electrons. The van der Waals surface area contributed by atoms with E-state index in [-0.39, 0.29) is 5.82 Å². The number of nitrogens with one attached hydrogen (secondary N) is 1. The Hall–Kier alpha value is -1.69. The zero-order valence-corrected chi connectivity index (χ0v) is 7.77. The first kappa shape index (κ1) is 10.4. The van der Waals surface area contributed by atoms with Crippen LogP contribution in [0, 0.1) is 10.1 Å². The summed E-state index contributed by atoms with van der Waals surface area (Å²) >= 11 is 0. The number of ether oxygens (including phenoxy) is 1. The van der Waals surface area contributed by atoms with Gasteiger partial charge in [0.15, 0.2) is 6.20 Å². The second-order valence-electron chi connectivity index (χ2n) is 2.58. The highest BCUT2D eigenvalue weighted by atomic mass is 16.6. The Morgan fingerprint density at radius 2 is 2.43 bits per heavy atom. The van der Waals surface area contributed by atoms with E-state index < -0.39 is 4.92 Å². The van der Waals surface area contributed by atoms with Gasteiger partial charge in [0.2, 0.25) is 0 Å². The maximum Gasteiger partial charge on any atom is 0.363 e. The fourth-order valence-corrected chi connectivity index (χ4v) is 0.896. The summed E-state index contributed by atoms with van der Waals surface area (Å²) in [5.41, 5.74) is 0.743. The summed E-state index contributed by atoms with van der Waals surface area (Å²) in [7, 11) is 1.61. The molecule has 6 nitrogen and oxygen atoms in total. The molecule has 0 saturated heterocycles. The van der Waals surface area contributed by atoms with Gasteiger partial charge in [0.05, 0.1) is 12.3 Å². The van der Waals surface area contributed by atoms with Gasteiger partial charge in [0.1, 0.15) is 0 Å². The van der Waals surface area contributed by atoms with E-state index in [2.05, 4.69) is 10.3 Å². The van der Waals surface area contributed by atoms with Gasteiger partial charge in [-0.1, -0.05) is 0 Å². The van der Waals surface area contributed by atoms with Crippen LogP contribution < -0.4 is 5.32 Å². The minimum Gasteiger partial charge on any atom is -0.383 e. The lowest BCUT2D eigenvalue weighted by atomic mass is 10.4. The van der Waals surface area contributed by atoms with Gasteiger partial charge in [0.25, 0.3) is 0 Å². The van der Waals surface area contributed by atoms with Gasteiger partial charge < -0.3 is 20.2 Å². The lowest BCUT2D eigenvalue weighted by Gasteiger charge is -2.02. The van der Waals surface area contributed by atoms with E-state index in [0.29, 0.717) is 13.2 Å². The van der Waals surface area contributed by atoms with Crippen molar-refractivity contribution in [1.82, 2.24) is 4.98 Å². The van der Waals surface area contributed by atoms with Crippen molar-refractivity contribution in [3.8, 4) is 0 Å². The smallest absolute Gasteiger partial charge is 0.363 e. The summed E-state index contributed by atoms with van der Waals surface area (Å²) in [6, 6.07) is 2.97. The molecular formula is C8H11N3O3. The quantitative estimate of drug-likeness (QED) is 0.433. The minimum atomic E-state index is -0.529. The fraction of sp³-hybridized carbons (Fsp3) is 0.375. The van der Waals surface area contributed by atoms with Crippen LogP contribution in [0.25, 0.3) is 0 Å². The molecule has 0 bridgehead atoms. The summed E-state index contributed by atoms with van der Waals surface area (Å²) < 4.78 is 4.83. The average Bonchev–Trinajstić information content (AvgIpc) is 2.19. The highest BCUT2D eigenvalue weighted by Gasteiger charge is 2.05. The topological polar surface area (TPSA) is 77.3 Å². The first-order chi connectivity index (χ1) is 6.74. The molecule has 0 aliphatic heterocycles. The van der Waals surface area contributed by atoms with Crippen molar-refractivity contribution in [2.75, 3.05) is 25.6 Å². The summed E-state index contributed by atoms with van der Waals surface area (Å²) in [5.74, 6) is -0.151. The van der Waals surface area contributed by atoms with E-state index in [1.165, 1.54) is 12.3 Å². The van der Waals surface area contributed by atoms with Crippen molar-refractivity contribution in [1.29, 1.82) is 0 Å². The number of nitrogens with zero attached hydrogens (tertiary/aromatic N) is 2. The molecule has 1 rings (SSSR count). The second-order valence-corrected chi connectivity index (χ2v) is 2.58. The number of anilines is 1. The fourth-order valence-electron chi connectivity index (χ4n) is 0.896. The molecule has 0 amide bonds. The lowest BCUT2D eigenvalue weighted by Crippen LogP contribution is -2.07. The minimum absolute atomic E-state index is 0.151. The molecule has 0 saturated carbocycles. The Balaban J connectivity index is 2.51. The Morgan fingerprint density at radius 3 is 2.93 bits per heavy atom.